The summed E-state index contributed by atoms with van der Waals surface area (Å²) in [6, 6.07) is 3.13. The predicted octanol–water partition coefficient (Wildman–Crippen LogP) is 1.57. The lowest BCUT2D eigenvalue weighted by molar-refractivity contribution is 0.484. The molecule has 0 saturated heterocycles. The molecule has 1 aromatic heterocycles. The maximum atomic E-state index is 11.1. The quantitative estimate of drug-likeness (QED) is 0.615. The zero-order valence-corrected chi connectivity index (χ0v) is 9.30. The molecule has 0 unspecified atom stereocenters. The number of aromatic nitrogens is 1. The fraction of sp³-hybridized carbons (Fsp3) is 0.286. The van der Waals surface area contributed by atoms with Gasteiger partial charge in [0, 0.05) is 6.20 Å². The van der Waals surface area contributed by atoms with E-state index in [-0.39, 0.29) is 11.5 Å². The summed E-state index contributed by atoms with van der Waals surface area (Å²) in [6.45, 7) is 1.51. The van der Waals surface area contributed by atoms with Crippen LogP contribution >= 0.6 is 15.9 Å². The Morgan fingerprint density at radius 3 is 2.85 bits per heavy atom. The molecule has 1 rings (SSSR count). The van der Waals surface area contributed by atoms with Gasteiger partial charge in [0.1, 0.15) is 4.60 Å². The van der Waals surface area contributed by atoms with E-state index in [1.807, 2.05) is 0 Å². The van der Waals surface area contributed by atoms with Crippen molar-refractivity contribution in [3.63, 3.8) is 0 Å². The molecule has 4 nitrogen and oxygen atoms in total. The molecule has 0 saturated carbocycles. The van der Waals surface area contributed by atoms with E-state index in [1.54, 1.807) is 6.07 Å². The molecule has 0 N–H and O–H groups in total. The monoisotopic (exact) mass is 265 g/mol. The van der Waals surface area contributed by atoms with Crippen molar-refractivity contribution in [2.45, 2.75) is 6.92 Å². The third-order valence-electron chi connectivity index (χ3n) is 1.30. The number of pyridine rings is 1. The summed E-state index contributed by atoms with van der Waals surface area (Å²) in [6.07, 6.45) is 1.54. The third kappa shape index (κ3) is 2.96. The van der Waals surface area contributed by atoms with Gasteiger partial charge >= 0.3 is 10.1 Å². The average molecular weight is 266 g/mol. The highest BCUT2D eigenvalue weighted by molar-refractivity contribution is 9.10. The second kappa shape index (κ2) is 4.06. The summed E-state index contributed by atoms with van der Waals surface area (Å²) in [7, 11) is -3.47. The molecule has 0 aliphatic heterocycles. The van der Waals surface area contributed by atoms with Gasteiger partial charge in [-0.3, -0.25) is 0 Å². The normalized spacial score (nSPS) is 11.2. The van der Waals surface area contributed by atoms with Gasteiger partial charge in [0.15, 0.2) is 5.75 Å². The first-order valence-electron chi connectivity index (χ1n) is 3.58. The standard InChI is InChI=1S/C7H8BrNO3S/c1-2-13(10,11)12-6-4-3-5-9-7(6)8/h3-5H,2H2,1H3. The summed E-state index contributed by atoms with van der Waals surface area (Å²) in [4.78, 5) is 3.82. The van der Waals surface area contributed by atoms with E-state index >= 15 is 0 Å². The lowest BCUT2D eigenvalue weighted by Crippen LogP contribution is -2.11. The molecule has 0 atom stereocenters. The maximum Gasteiger partial charge on any atom is 0.308 e. The average Bonchev–Trinajstić information content (AvgIpc) is 2.09. The highest BCUT2D eigenvalue weighted by atomic mass is 79.9. The van der Waals surface area contributed by atoms with Gasteiger partial charge in [0.05, 0.1) is 5.75 Å². The van der Waals surface area contributed by atoms with Crippen LogP contribution in [0.3, 0.4) is 0 Å². The second-order valence-electron chi connectivity index (χ2n) is 2.22. The fourth-order valence-corrected chi connectivity index (χ4v) is 1.59. The number of nitrogens with zero attached hydrogens (tertiary/aromatic N) is 1. The number of hydrogen-bond acceptors (Lipinski definition) is 4. The van der Waals surface area contributed by atoms with Crippen molar-refractivity contribution in [2.75, 3.05) is 5.75 Å². The minimum atomic E-state index is -3.47. The van der Waals surface area contributed by atoms with Gasteiger partial charge < -0.3 is 4.18 Å². The van der Waals surface area contributed by atoms with Gasteiger partial charge in [0.25, 0.3) is 0 Å². The van der Waals surface area contributed by atoms with Gasteiger partial charge in [-0.15, -0.1) is 0 Å². The Morgan fingerprint density at radius 2 is 2.31 bits per heavy atom. The lowest BCUT2D eigenvalue weighted by atomic mass is 10.5. The molecule has 0 amide bonds. The van der Waals surface area contributed by atoms with E-state index in [0.717, 1.165) is 0 Å². The van der Waals surface area contributed by atoms with Crippen LogP contribution in [0.1, 0.15) is 6.92 Å². The Hall–Kier alpha value is -0.620. The lowest BCUT2D eigenvalue weighted by Gasteiger charge is -2.04. The molecule has 6 heteroatoms. The molecule has 1 aromatic rings. The molecular formula is C7H8BrNO3S. The van der Waals surface area contributed by atoms with E-state index in [1.165, 1.54) is 19.2 Å². The van der Waals surface area contributed by atoms with E-state index in [4.69, 9.17) is 4.18 Å². The van der Waals surface area contributed by atoms with Crippen LogP contribution in [0.15, 0.2) is 22.9 Å². The van der Waals surface area contributed by atoms with Gasteiger partial charge in [-0.25, -0.2) is 4.98 Å². The van der Waals surface area contributed by atoms with Crippen molar-refractivity contribution in [1.29, 1.82) is 0 Å². The van der Waals surface area contributed by atoms with Crippen LogP contribution in [0, 0.1) is 0 Å². The minimum Gasteiger partial charge on any atom is -0.380 e. The molecule has 0 radical (unpaired) electrons. The van der Waals surface area contributed by atoms with Crippen LogP contribution in [0.4, 0.5) is 0 Å². The predicted molar refractivity (Wildman–Crippen MR) is 52.0 cm³/mol. The molecule has 0 bridgehead atoms. The summed E-state index contributed by atoms with van der Waals surface area (Å²) in [5, 5.41) is 0. The van der Waals surface area contributed by atoms with E-state index < -0.39 is 10.1 Å². The highest BCUT2D eigenvalue weighted by Crippen LogP contribution is 2.22. The molecule has 0 aliphatic rings. The second-order valence-corrected chi connectivity index (χ2v) is 4.83. The van der Waals surface area contributed by atoms with Crippen LogP contribution in [0.2, 0.25) is 0 Å². The molecule has 72 valence electrons. The summed E-state index contributed by atoms with van der Waals surface area (Å²) >= 11 is 3.08. The summed E-state index contributed by atoms with van der Waals surface area (Å²) < 4.78 is 27.2. The third-order valence-corrected chi connectivity index (χ3v) is 3.03. The summed E-state index contributed by atoms with van der Waals surface area (Å²) in [5.74, 6) is 0.151. The first kappa shape index (κ1) is 10.5. The van der Waals surface area contributed by atoms with Crippen LogP contribution < -0.4 is 4.18 Å². The Kier molecular flexibility index (Phi) is 3.27. The molecule has 0 spiro atoms. The van der Waals surface area contributed by atoms with Gasteiger partial charge in [0.2, 0.25) is 0 Å². The Balaban J connectivity index is 2.93. The molecule has 0 aromatic carbocycles. The Labute approximate surface area is 85.2 Å². The van der Waals surface area contributed by atoms with Crippen molar-refractivity contribution in [3.8, 4) is 5.75 Å². The molecular weight excluding hydrogens is 258 g/mol. The molecule has 13 heavy (non-hydrogen) atoms. The topological polar surface area (TPSA) is 56.3 Å². The van der Waals surface area contributed by atoms with Gasteiger partial charge in [-0.05, 0) is 35.0 Å². The van der Waals surface area contributed by atoms with Crippen molar-refractivity contribution in [2.24, 2.45) is 0 Å². The largest absolute Gasteiger partial charge is 0.380 e. The van der Waals surface area contributed by atoms with Gasteiger partial charge in [-0.2, -0.15) is 8.42 Å². The Morgan fingerprint density at radius 1 is 1.62 bits per heavy atom. The first-order chi connectivity index (χ1) is 6.05. The number of halogens is 1. The van der Waals surface area contributed by atoms with Crippen molar-refractivity contribution in [3.05, 3.63) is 22.9 Å². The van der Waals surface area contributed by atoms with E-state index in [2.05, 4.69) is 20.9 Å². The maximum absolute atomic E-state index is 11.1. The van der Waals surface area contributed by atoms with E-state index in [0.29, 0.717) is 4.60 Å². The minimum absolute atomic E-state index is 0.0612. The molecule has 0 aliphatic carbocycles. The SMILES string of the molecule is CCS(=O)(=O)Oc1cccnc1Br. The van der Waals surface area contributed by atoms with Crippen molar-refractivity contribution >= 4 is 26.0 Å². The highest BCUT2D eigenvalue weighted by Gasteiger charge is 2.11. The van der Waals surface area contributed by atoms with Crippen molar-refractivity contribution in [1.82, 2.24) is 4.98 Å². The van der Waals surface area contributed by atoms with E-state index in [9.17, 15) is 8.42 Å². The van der Waals surface area contributed by atoms with Crippen LogP contribution in [0.5, 0.6) is 5.75 Å². The molecule has 0 fully saturated rings. The van der Waals surface area contributed by atoms with Crippen LogP contribution in [-0.2, 0) is 10.1 Å². The number of rotatable bonds is 3. The zero-order chi connectivity index (χ0) is 9.90. The van der Waals surface area contributed by atoms with Gasteiger partial charge in [-0.1, -0.05) is 0 Å². The first-order valence-corrected chi connectivity index (χ1v) is 5.95. The summed E-state index contributed by atoms with van der Waals surface area (Å²) in [5.41, 5.74) is 0. The zero-order valence-electron chi connectivity index (χ0n) is 6.90. The van der Waals surface area contributed by atoms with Crippen molar-refractivity contribution < 1.29 is 12.6 Å². The Bertz CT molecular complexity index is 390. The van der Waals surface area contributed by atoms with Crippen LogP contribution in [-0.4, -0.2) is 19.2 Å². The number of hydrogen-bond donors (Lipinski definition) is 0. The fourth-order valence-electron chi connectivity index (χ4n) is 0.629. The molecule has 1 heterocycles. The smallest absolute Gasteiger partial charge is 0.308 e. The van der Waals surface area contributed by atoms with Crippen LogP contribution in [0.25, 0.3) is 0 Å².